The van der Waals surface area contributed by atoms with Crippen molar-refractivity contribution >= 4 is 5.65 Å². The molecule has 5 heterocycles. The highest BCUT2D eigenvalue weighted by molar-refractivity contribution is 5.56. The molecule has 8 heteroatoms. The van der Waals surface area contributed by atoms with E-state index in [9.17, 15) is 4.79 Å². The van der Waals surface area contributed by atoms with Crippen LogP contribution in [0.2, 0.25) is 0 Å². The Hall–Kier alpha value is -3.36. The lowest BCUT2D eigenvalue weighted by Crippen LogP contribution is -2.47. The summed E-state index contributed by atoms with van der Waals surface area (Å²) >= 11 is 0. The first kappa shape index (κ1) is 19.6. The summed E-state index contributed by atoms with van der Waals surface area (Å²) in [7, 11) is 0. The molecule has 4 aromatic rings. The van der Waals surface area contributed by atoms with Crippen LogP contribution in [0.5, 0.6) is 0 Å². The molecule has 0 atom stereocenters. The predicted molar refractivity (Wildman–Crippen MR) is 119 cm³/mol. The summed E-state index contributed by atoms with van der Waals surface area (Å²) in [6, 6.07) is 13.2. The van der Waals surface area contributed by atoms with Crippen molar-refractivity contribution in [1.82, 2.24) is 33.9 Å². The van der Waals surface area contributed by atoms with Crippen LogP contribution in [0.4, 0.5) is 0 Å². The first-order chi connectivity index (χ1) is 15.2. The molecule has 1 aliphatic rings. The molecule has 0 aromatic carbocycles. The maximum atomic E-state index is 12.3. The molecule has 1 aliphatic heterocycles. The molecule has 1 fully saturated rings. The molecule has 0 saturated carbocycles. The van der Waals surface area contributed by atoms with E-state index in [-0.39, 0.29) is 5.56 Å². The standard InChI is InChI=1S/C23H25N7O/c31-23-7-6-21(19-4-3-8-24-16-19)26-30(23)15-14-27-10-12-28(13-11-27)17-20-18-29-9-2-1-5-22(29)25-20/h1-9,16,18H,10-15,17H2. The third kappa shape index (κ3) is 4.55. The average Bonchev–Trinajstić information content (AvgIpc) is 3.22. The van der Waals surface area contributed by atoms with E-state index >= 15 is 0 Å². The Labute approximate surface area is 180 Å². The number of hydrogen-bond donors (Lipinski definition) is 0. The summed E-state index contributed by atoms with van der Waals surface area (Å²) in [5.41, 5.74) is 3.70. The van der Waals surface area contributed by atoms with Gasteiger partial charge in [0.05, 0.1) is 17.9 Å². The van der Waals surface area contributed by atoms with E-state index in [0.717, 1.165) is 61.9 Å². The molecular weight excluding hydrogens is 390 g/mol. The van der Waals surface area contributed by atoms with Gasteiger partial charge >= 0.3 is 0 Å². The fraction of sp³-hybridized carbons (Fsp3) is 0.304. The maximum absolute atomic E-state index is 12.3. The highest BCUT2D eigenvalue weighted by Crippen LogP contribution is 2.13. The Kier molecular flexibility index (Phi) is 5.56. The quantitative estimate of drug-likeness (QED) is 0.478. The van der Waals surface area contributed by atoms with Gasteiger partial charge in [-0.15, -0.1) is 0 Å². The lowest BCUT2D eigenvalue weighted by atomic mass is 10.2. The average molecular weight is 416 g/mol. The minimum atomic E-state index is -0.0712. The Balaban J connectivity index is 1.15. The Morgan fingerprint density at radius 2 is 1.77 bits per heavy atom. The second kappa shape index (κ2) is 8.79. The van der Waals surface area contributed by atoms with Crippen molar-refractivity contribution in [2.24, 2.45) is 0 Å². The predicted octanol–water partition coefficient (Wildman–Crippen LogP) is 1.77. The number of aromatic nitrogens is 5. The zero-order valence-corrected chi connectivity index (χ0v) is 17.3. The lowest BCUT2D eigenvalue weighted by molar-refractivity contribution is 0.122. The van der Waals surface area contributed by atoms with Crippen molar-refractivity contribution in [1.29, 1.82) is 0 Å². The first-order valence-electron chi connectivity index (χ1n) is 10.6. The zero-order valence-electron chi connectivity index (χ0n) is 17.3. The van der Waals surface area contributed by atoms with Crippen molar-refractivity contribution in [2.75, 3.05) is 32.7 Å². The van der Waals surface area contributed by atoms with Crippen LogP contribution in [-0.4, -0.2) is 66.7 Å². The molecular formula is C23H25N7O. The fourth-order valence-corrected chi connectivity index (χ4v) is 3.98. The van der Waals surface area contributed by atoms with Gasteiger partial charge < -0.3 is 4.40 Å². The van der Waals surface area contributed by atoms with Crippen LogP contribution in [0.3, 0.4) is 0 Å². The largest absolute Gasteiger partial charge is 0.307 e. The number of rotatable bonds is 6. The molecule has 0 N–H and O–H groups in total. The molecule has 1 saturated heterocycles. The number of pyridine rings is 2. The van der Waals surface area contributed by atoms with Gasteiger partial charge in [0.15, 0.2) is 0 Å². The monoisotopic (exact) mass is 415 g/mol. The van der Waals surface area contributed by atoms with Gasteiger partial charge in [0.1, 0.15) is 5.65 Å². The molecule has 158 valence electrons. The van der Waals surface area contributed by atoms with Crippen LogP contribution in [0.1, 0.15) is 5.69 Å². The minimum absolute atomic E-state index is 0.0712. The number of hydrogen-bond acceptors (Lipinski definition) is 6. The second-order valence-electron chi connectivity index (χ2n) is 7.84. The van der Waals surface area contributed by atoms with Crippen LogP contribution >= 0.6 is 0 Å². The fourth-order valence-electron chi connectivity index (χ4n) is 3.98. The third-order valence-electron chi connectivity index (χ3n) is 5.72. The number of fused-ring (bicyclic) bond motifs is 1. The van der Waals surface area contributed by atoms with E-state index in [0.29, 0.717) is 6.54 Å². The molecule has 0 bridgehead atoms. The van der Waals surface area contributed by atoms with Gasteiger partial charge in [-0.05, 0) is 30.3 Å². The number of nitrogens with zero attached hydrogens (tertiary/aromatic N) is 7. The first-order valence-corrected chi connectivity index (χ1v) is 10.6. The van der Waals surface area contributed by atoms with Gasteiger partial charge in [0, 0.05) is 75.7 Å². The van der Waals surface area contributed by atoms with Crippen LogP contribution in [0.15, 0.2) is 72.0 Å². The van der Waals surface area contributed by atoms with Crippen LogP contribution in [0, 0.1) is 0 Å². The van der Waals surface area contributed by atoms with Crippen molar-refractivity contribution < 1.29 is 0 Å². The Bertz CT molecular complexity index is 1180. The van der Waals surface area contributed by atoms with Gasteiger partial charge in [0.25, 0.3) is 5.56 Å². The minimum Gasteiger partial charge on any atom is -0.307 e. The SMILES string of the molecule is O=c1ccc(-c2cccnc2)nn1CCN1CCN(Cc2cn3ccccc3n2)CC1. The summed E-state index contributed by atoms with van der Waals surface area (Å²) < 4.78 is 3.63. The van der Waals surface area contributed by atoms with E-state index in [4.69, 9.17) is 4.98 Å². The smallest absolute Gasteiger partial charge is 0.266 e. The Morgan fingerprint density at radius 1 is 0.903 bits per heavy atom. The molecule has 0 aliphatic carbocycles. The van der Waals surface area contributed by atoms with Crippen molar-refractivity contribution in [3.63, 3.8) is 0 Å². The number of imidazole rings is 1. The van der Waals surface area contributed by atoms with Crippen LogP contribution in [0.25, 0.3) is 16.9 Å². The van der Waals surface area contributed by atoms with Gasteiger partial charge in [-0.1, -0.05) is 6.07 Å². The molecule has 0 radical (unpaired) electrons. The maximum Gasteiger partial charge on any atom is 0.266 e. The van der Waals surface area contributed by atoms with Crippen molar-refractivity contribution in [2.45, 2.75) is 13.1 Å². The topological polar surface area (TPSA) is 71.6 Å². The normalized spacial score (nSPS) is 15.5. The van der Waals surface area contributed by atoms with Crippen molar-refractivity contribution in [3.8, 4) is 11.3 Å². The lowest BCUT2D eigenvalue weighted by Gasteiger charge is -2.34. The summed E-state index contributed by atoms with van der Waals surface area (Å²) in [5, 5.41) is 4.53. The number of piperazine rings is 1. The van der Waals surface area contributed by atoms with E-state index in [2.05, 4.69) is 30.5 Å². The molecule has 31 heavy (non-hydrogen) atoms. The molecule has 8 nitrogen and oxygen atoms in total. The van der Waals surface area contributed by atoms with Gasteiger partial charge in [-0.2, -0.15) is 5.10 Å². The highest BCUT2D eigenvalue weighted by atomic mass is 16.1. The van der Waals surface area contributed by atoms with Crippen LogP contribution in [-0.2, 0) is 13.1 Å². The molecule has 5 rings (SSSR count). The van der Waals surface area contributed by atoms with E-state index in [1.54, 1.807) is 29.2 Å². The van der Waals surface area contributed by atoms with Gasteiger partial charge in [-0.3, -0.25) is 19.6 Å². The molecule has 4 aromatic heterocycles. The van der Waals surface area contributed by atoms with Crippen molar-refractivity contribution in [3.05, 3.63) is 83.3 Å². The van der Waals surface area contributed by atoms with E-state index < -0.39 is 0 Å². The molecule has 0 amide bonds. The molecule has 0 spiro atoms. The van der Waals surface area contributed by atoms with Gasteiger partial charge in [-0.25, -0.2) is 9.67 Å². The van der Waals surface area contributed by atoms with E-state index in [1.165, 1.54) is 0 Å². The summed E-state index contributed by atoms with van der Waals surface area (Å²) in [6.45, 7) is 6.20. The molecule has 0 unspecified atom stereocenters. The highest BCUT2D eigenvalue weighted by Gasteiger charge is 2.18. The summed E-state index contributed by atoms with van der Waals surface area (Å²) in [5.74, 6) is 0. The Morgan fingerprint density at radius 3 is 2.58 bits per heavy atom. The van der Waals surface area contributed by atoms with E-state index in [1.807, 2.05) is 36.5 Å². The van der Waals surface area contributed by atoms with Crippen LogP contribution < -0.4 is 5.56 Å². The van der Waals surface area contributed by atoms with Gasteiger partial charge in [0.2, 0.25) is 0 Å². The second-order valence-corrected chi connectivity index (χ2v) is 7.84. The summed E-state index contributed by atoms with van der Waals surface area (Å²) in [6.07, 6.45) is 7.63. The zero-order chi connectivity index (χ0) is 21.0. The summed E-state index contributed by atoms with van der Waals surface area (Å²) in [4.78, 5) is 25.9. The third-order valence-corrected chi connectivity index (χ3v) is 5.72.